The molecule has 2 aromatic rings. The van der Waals surface area contributed by atoms with Gasteiger partial charge in [-0.1, -0.05) is 42.0 Å². The molecule has 1 aliphatic carbocycles. The summed E-state index contributed by atoms with van der Waals surface area (Å²) in [6.45, 7) is 2.08. The van der Waals surface area contributed by atoms with Gasteiger partial charge in [0.2, 0.25) is 0 Å². The van der Waals surface area contributed by atoms with E-state index < -0.39 is 0 Å². The summed E-state index contributed by atoms with van der Waals surface area (Å²) in [6.07, 6.45) is 3.28. The second-order valence-corrected chi connectivity index (χ2v) is 5.59. The first kappa shape index (κ1) is 13.2. The van der Waals surface area contributed by atoms with E-state index in [4.69, 9.17) is 10.5 Å². The third-order valence-electron chi connectivity index (χ3n) is 4.06. The molecule has 104 valence electrons. The summed E-state index contributed by atoms with van der Waals surface area (Å²) < 4.78 is 6.13. The molecule has 0 amide bonds. The van der Waals surface area contributed by atoms with Crippen molar-refractivity contribution in [2.24, 2.45) is 5.73 Å². The quantitative estimate of drug-likeness (QED) is 0.840. The Morgan fingerprint density at radius 2 is 1.80 bits per heavy atom. The molecule has 2 aromatic carbocycles. The molecule has 0 saturated carbocycles. The molecule has 0 aromatic heterocycles. The molecule has 2 unspecified atom stereocenters. The molecule has 0 radical (unpaired) electrons. The summed E-state index contributed by atoms with van der Waals surface area (Å²) >= 11 is 0. The number of aryl methyl sites for hydroxylation is 2. The summed E-state index contributed by atoms with van der Waals surface area (Å²) in [4.78, 5) is 0. The van der Waals surface area contributed by atoms with E-state index in [-0.39, 0.29) is 12.1 Å². The zero-order valence-electron chi connectivity index (χ0n) is 11.9. The Hall–Kier alpha value is -1.80. The zero-order valence-corrected chi connectivity index (χ0v) is 11.9. The SMILES string of the molecule is Cc1ccc(OC2CCCc3ccccc3C2N)cc1. The Morgan fingerprint density at radius 1 is 1.05 bits per heavy atom. The van der Waals surface area contributed by atoms with Gasteiger partial charge >= 0.3 is 0 Å². The van der Waals surface area contributed by atoms with Gasteiger partial charge in [0, 0.05) is 0 Å². The Bertz CT molecular complexity index is 576. The highest BCUT2D eigenvalue weighted by Crippen LogP contribution is 2.30. The maximum absolute atomic E-state index is 6.44. The van der Waals surface area contributed by atoms with Gasteiger partial charge in [0.05, 0.1) is 6.04 Å². The van der Waals surface area contributed by atoms with Crippen LogP contribution in [0.1, 0.15) is 35.6 Å². The van der Waals surface area contributed by atoms with Gasteiger partial charge in [-0.2, -0.15) is 0 Å². The molecule has 1 aliphatic rings. The maximum atomic E-state index is 6.44. The number of nitrogens with two attached hydrogens (primary N) is 1. The number of fused-ring (bicyclic) bond motifs is 1. The minimum absolute atomic E-state index is 0.0463. The molecule has 2 N–H and O–H groups in total. The highest BCUT2D eigenvalue weighted by Gasteiger charge is 2.26. The molecule has 2 atom stereocenters. The first-order chi connectivity index (χ1) is 9.74. The van der Waals surface area contributed by atoms with Crippen LogP contribution in [0.15, 0.2) is 48.5 Å². The van der Waals surface area contributed by atoms with Crippen LogP contribution < -0.4 is 10.5 Å². The van der Waals surface area contributed by atoms with Gasteiger partial charge in [-0.05, 0) is 49.4 Å². The number of rotatable bonds is 2. The first-order valence-corrected chi connectivity index (χ1v) is 7.31. The van der Waals surface area contributed by atoms with E-state index >= 15 is 0 Å². The van der Waals surface area contributed by atoms with Gasteiger partial charge in [-0.25, -0.2) is 0 Å². The molecule has 20 heavy (non-hydrogen) atoms. The highest BCUT2D eigenvalue weighted by atomic mass is 16.5. The van der Waals surface area contributed by atoms with Crippen molar-refractivity contribution >= 4 is 0 Å². The number of benzene rings is 2. The van der Waals surface area contributed by atoms with E-state index in [1.807, 2.05) is 12.1 Å². The Morgan fingerprint density at radius 3 is 2.60 bits per heavy atom. The minimum Gasteiger partial charge on any atom is -0.488 e. The van der Waals surface area contributed by atoms with Crippen molar-refractivity contribution in [2.75, 3.05) is 0 Å². The van der Waals surface area contributed by atoms with Crippen LogP contribution in [0.4, 0.5) is 0 Å². The van der Waals surface area contributed by atoms with Crippen LogP contribution >= 0.6 is 0 Å². The van der Waals surface area contributed by atoms with E-state index in [2.05, 4.69) is 43.3 Å². The fourth-order valence-corrected chi connectivity index (χ4v) is 2.88. The van der Waals surface area contributed by atoms with Gasteiger partial charge in [0.15, 0.2) is 0 Å². The molecule has 0 saturated heterocycles. The fourth-order valence-electron chi connectivity index (χ4n) is 2.88. The minimum atomic E-state index is -0.0463. The lowest BCUT2D eigenvalue weighted by Crippen LogP contribution is -2.30. The van der Waals surface area contributed by atoms with Crippen molar-refractivity contribution in [2.45, 2.75) is 38.3 Å². The average Bonchev–Trinajstić information content (AvgIpc) is 2.62. The van der Waals surface area contributed by atoms with E-state index in [9.17, 15) is 0 Å². The lowest BCUT2D eigenvalue weighted by atomic mass is 9.98. The standard InChI is InChI=1S/C18H21NO/c1-13-9-11-15(12-10-13)20-17-8-4-6-14-5-2-3-7-16(14)18(17)19/h2-3,5,7,9-12,17-18H,4,6,8,19H2,1H3. The van der Waals surface area contributed by atoms with Gasteiger partial charge in [-0.15, -0.1) is 0 Å². The van der Waals surface area contributed by atoms with Crippen molar-refractivity contribution in [3.8, 4) is 5.75 Å². The monoisotopic (exact) mass is 267 g/mol. The van der Waals surface area contributed by atoms with Crippen LogP contribution in [0, 0.1) is 6.92 Å². The molecule has 0 fully saturated rings. The predicted molar refractivity (Wildman–Crippen MR) is 81.9 cm³/mol. The van der Waals surface area contributed by atoms with Crippen molar-refractivity contribution in [3.63, 3.8) is 0 Å². The summed E-state index contributed by atoms with van der Waals surface area (Å²) in [5.74, 6) is 0.912. The van der Waals surface area contributed by atoms with E-state index in [0.29, 0.717) is 0 Å². The normalized spacial score (nSPS) is 21.9. The van der Waals surface area contributed by atoms with Gasteiger partial charge < -0.3 is 10.5 Å². The zero-order chi connectivity index (χ0) is 13.9. The summed E-state index contributed by atoms with van der Waals surface area (Å²) in [6, 6.07) is 16.6. The lowest BCUT2D eigenvalue weighted by Gasteiger charge is -2.24. The fraction of sp³-hybridized carbons (Fsp3) is 0.333. The molecule has 0 aliphatic heterocycles. The Labute approximate surface area is 120 Å². The first-order valence-electron chi connectivity index (χ1n) is 7.31. The van der Waals surface area contributed by atoms with Crippen molar-refractivity contribution in [3.05, 3.63) is 65.2 Å². The van der Waals surface area contributed by atoms with E-state index in [1.165, 1.54) is 16.7 Å². The predicted octanol–water partition coefficient (Wildman–Crippen LogP) is 3.78. The van der Waals surface area contributed by atoms with Crippen LogP contribution in [0.25, 0.3) is 0 Å². The second-order valence-electron chi connectivity index (χ2n) is 5.59. The molecular weight excluding hydrogens is 246 g/mol. The van der Waals surface area contributed by atoms with Gasteiger partial charge in [0.1, 0.15) is 11.9 Å². The van der Waals surface area contributed by atoms with Crippen molar-refractivity contribution in [1.82, 2.24) is 0 Å². The largest absolute Gasteiger partial charge is 0.488 e. The molecule has 3 rings (SSSR count). The molecule has 0 heterocycles. The van der Waals surface area contributed by atoms with Crippen molar-refractivity contribution in [1.29, 1.82) is 0 Å². The van der Waals surface area contributed by atoms with E-state index in [1.54, 1.807) is 0 Å². The topological polar surface area (TPSA) is 35.2 Å². The smallest absolute Gasteiger partial charge is 0.119 e. The Balaban J connectivity index is 1.82. The second kappa shape index (κ2) is 5.68. The van der Waals surface area contributed by atoms with Gasteiger partial charge in [-0.3, -0.25) is 0 Å². The molecule has 2 heteroatoms. The Kier molecular flexibility index (Phi) is 3.75. The molecule has 0 bridgehead atoms. The lowest BCUT2D eigenvalue weighted by molar-refractivity contribution is 0.162. The van der Waals surface area contributed by atoms with Crippen LogP contribution in [-0.2, 0) is 6.42 Å². The summed E-state index contributed by atoms with van der Waals surface area (Å²) in [7, 11) is 0. The highest BCUT2D eigenvalue weighted by molar-refractivity contribution is 5.33. The van der Waals surface area contributed by atoms with E-state index in [0.717, 1.165) is 25.0 Å². The summed E-state index contributed by atoms with van der Waals surface area (Å²) in [5, 5.41) is 0. The third-order valence-corrected chi connectivity index (χ3v) is 4.06. The maximum Gasteiger partial charge on any atom is 0.119 e. The molecular formula is C18H21NO. The molecule has 2 nitrogen and oxygen atoms in total. The van der Waals surface area contributed by atoms with Gasteiger partial charge in [0.25, 0.3) is 0 Å². The number of ether oxygens (including phenoxy) is 1. The number of hydrogen-bond acceptors (Lipinski definition) is 2. The van der Waals surface area contributed by atoms with Crippen LogP contribution in [0.3, 0.4) is 0 Å². The summed E-state index contributed by atoms with van der Waals surface area (Å²) in [5.41, 5.74) is 10.3. The average molecular weight is 267 g/mol. The van der Waals surface area contributed by atoms with Crippen LogP contribution in [0.5, 0.6) is 5.75 Å². The van der Waals surface area contributed by atoms with Crippen molar-refractivity contribution < 1.29 is 4.74 Å². The third kappa shape index (κ3) is 2.70. The number of hydrogen-bond donors (Lipinski definition) is 1. The molecule has 0 spiro atoms. The van der Waals surface area contributed by atoms with Crippen LogP contribution in [0.2, 0.25) is 0 Å². The van der Waals surface area contributed by atoms with Crippen LogP contribution in [-0.4, -0.2) is 6.10 Å².